The summed E-state index contributed by atoms with van der Waals surface area (Å²) in [4.78, 5) is 2.43. The summed E-state index contributed by atoms with van der Waals surface area (Å²) in [6.45, 7) is 8.32. The molecule has 0 saturated heterocycles. The molecule has 1 aromatic rings. The van der Waals surface area contributed by atoms with Crippen LogP contribution < -0.4 is 5.73 Å². The molecule has 1 heterocycles. The molecule has 0 fully saturated rings. The van der Waals surface area contributed by atoms with E-state index >= 15 is 0 Å². The largest absolute Gasteiger partial charge is 0.464 e. The van der Waals surface area contributed by atoms with Gasteiger partial charge < -0.3 is 15.1 Å². The predicted molar refractivity (Wildman–Crippen MR) is 70.5 cm³/mol. The third-order valence-electron chi connectivity index (χ3n) is 2.61. The van der Waals surface area contributed by atoms with Gasteiger partial charge in [0, 0.05) is 12.3 Å². The molecule has 0 unspecified atom stereocenters. The van der Waals surface area contributed by atoms with E-state index < -0.39 is 0 Å². The lowest BCUT2D eigenvalue weighted by Gasteiger charge is -2.16. The van der Waals surface area contributed by atoms with Crippen LogP contribution in [0.1, 0.15) is 25.4 Å². The van der Waals surface area contributed by atoms with Gasteiger partial charge in [-0.25, -0.2) is 0 Å². The Morgan fingerprint density at radius 2 is 1.94 bits per heavy atom. The van der Waals surface area contributed by atoms with Crippen molar-refractivity contribution in [1.82, 2.24) is 4.90 Å². The third kappa shape index (κ3) is 4.60. The van der Waals surface area contributed by atoms with E-state index in [0.29, 0.717) is 6.54 Å². The average molecular weight is 242 g/mol. The quantitative estimate of drug-likeness (QED) is 0.710. The molecule has 0 spiro atoms. The van der Waals surface area contributed by atoms with Crippen LogP contribution in [0.25, 0.3) is 0 Å². The predicted octanol–water partition coefficient (Wildman–Crippen LogP) is 2.31. The zero-order valence-corrected chi connectivity index (χ0v) is 11.1. The highest BCUT2D eigenvalue weighted by molar-refractivity contribution is 7.98. The van der Waals surface area contributed by atoms with Gasteiger partial charge in [0.1, 0.15) is 11.5 Å². The molecule has 0 radical (unpaired) electrons. The van der Waals surface area contributed by atoms with Gasteiger partial charge in [0.25, 0.3) is 0 Å². The van der Waals surface area contributed by atoms with Crippen LogP contribution in [0.4, 0.5) is 0 Å². The van der Waals surface area contributed by atoms with E-state index in [-0.39, 0.29) is 0 Å². The van der Waals surface area contributed by atoms with E-state index in [0.717, 1.165) is 42.7 Å². The standard InChI is InChI=1S/C12H22N2OS/c1-3-14(4-2)7-8-16-10-12-6-5-11(9-13)15-12/h5-6H,3-4,7-10,13H2,1-2H3. The number of hydrogen-bond acceptors (Lipinski definition) is 4. The molecule has 0 saturated carbocycles. The molecule has 2 N–H and O–H groups in total. The highest BCUT2D eigenvalue weighted by Gasteiger charge is 2.02. The Morgan fingerprint density at radius 1 is 1.25 bits per heavy atom. The monoisotopic (exact) mass is 242 g/mol. The molecule has 0 aromatic carbocycles. The molecule has 4 heteroatoms. The molecule has 0 atom stereocenters. The number of furan rings is 1. The Labute approximate surface area is 102 Å². The Morgan fingerprint density at radius 3 is 2.50 bits per heavy atom. The van der Waals surface area contributed by atoms with E-state index in [4.69, 9.17) is 10.2 Å². The van der Waals surface area contributed by atoms with Gasteiger partial charge in [-0.05, 0) is 25.2 Å². The molecule has 0 amide bonds. The summed E-state index contributed by atoms with van der Waals surface area (Å²) < 4.78 is 5.53. The summed E-state index contributed by atoms with van der Waals surface area (Å²) in [5.74, 6) is 4.01. The van der Waals surface area contributed by atoms with Gasteiger partial charge in [0.15, 0.2) is 0 Å². The summed E-state index contributed by atoms with van der Waals surface area (Å²) in [7, 11) is 0. The Hall–Kier alpha value is -0.450. The van der Waals surface area contributed by atoms with Crippen LogP contribution in [0.2, 0.25) is 0 Å². The Balaban J connectivity index is 2.15. The lowest BCUT2D eigenvalue weighted by Crippen LogP contribution is -2.25. The van der Waals surface area contributed by atoms with Gasteiger partial charge in [-0.2, -0.15) is 11.8 Å². The van der Waals surface area contributed by atoms with E-state index in [2.05, 4.69) is 18.7 Å². The first-order chi connectivity index (χ1) is 7.80. The third-order valence-corrected chi connectivity index (χ3v) is 3.57. The van der Waals surface area contributed by atoms with Crippen molar-refractivity contribution in [2.24, 2.45) is 5.73 Å². The first kappa shape index (κ1) is 13.6. The second kappa shape index (κ2) is 7.76. The molecule has 0 aliphatic carbocycles. The molecule has 92 valence electrons. The van der Waals surface area contributed by atoms with Crippen LogP contribution in [0.5, 0.6) is 0 Å². The molecule has 0 bridgehead atoms. The number of rotatable bonds is 8. The van der Waals surface area contributed by atoms with Crippen molar-refractivity contribution in [1.29, 1.82) is 0 Å². The van der Waals surface area contributed by atoms with Crippen molar-refractivity contribution >= 4 is 11.8 Å². The fraction of sp³-hybridized carbons (Fsp3) is 0.667. The van der Waals surface area contributed by atoms with Crippen LogP contribution >= 0.6 is 11.8 Å². The van der Waals surface area contributed by atoms with Crippen molar-refractivity contribution in [3.63, 3.8) is 0 Å². The van der Waals surface area contributed by atoms with Crippen LogP contribution in [-0.4, -0.2) is 30.3 Å². The van der Waals surface area contributed by atoms with Crippen molar-refractivity contribution in [2.45, 2.75) is 26.1 Å². The number of nitrogens with two attached hydrogens (primary N) is 1. The van der Waals surface area contributed by atoms with Crippen LogP contribution in [0.3, 0.4) is 0 Å². The zero-order chi connectivity index (χ0) is 11.8. The van der Waals surface area contributed by atoms with Gasteiger partial charge in [-0.15, -0.1) is 0 Å². The Kier molecular flexibility index (Phi) is 6.61. The molecular formula is C12H22N2OS. The topological polar surface area (TPSA) is 42.4 Å². The zero-order valence-electron chi connectivity index (χ0n) is 10.2. The fourth-order valence-corrected chi connectivity index (χ4v) is 2.40. The average Bonchev–Trinajstić information content (AvgIpc) is 2.77. The molecule has 0 aliphatic heterocycles. The van der Waals surface area contributed by atoms with Crippen molar-refractivity contribution in [3.8, 4) is 0 Å². The SMILES string of the molecule is CCN(CC)CCSCc1ccc(CN)o1. The van der Waals surface area contributed by atoms with E-state index in [1.54, 1.807) is 0 Å². The molecule has 16 heavy (non-hydrogen) atoms. The molecular weight excluding hydrogens is 220 g/mol. The number of hydrogen-bond donors (Lipinski definition) is 1. The van der Waals surface area contributed by atoms with Crippen LogP contribution in [0.15, 0.2) is 16.5 Å². The molecule has 3 nitrogen and oxygen atoms in total. The highest BCUT2D eigenvalue weighted by atomic mass is 32.2. The summed E-state index contributed by atoms with van der Waals surface area (Å²) >= 11 is 1.91. The molecule has 0 aliphatic rings. The Bertz CT molecular complexity index is 284. The minimum Gasteiger partial charge on any atom is -0.464 e. The minimum absolute atomic E-state index is 0.490. The minimum atomic E-state index is 0.490. The van der Waals surface area contributed by atoms with Crippen molar-refractivity contribution in [2.75, 3.05) is 25.4 Å². The lowest BCUT2D eigenvalue weighted by molar-refractivity contribution is 0.324. The van der Waals surface area contributed by atoms with Gasteiger partial charge in [0.05, 0.1) is 12.3 Å². The summed E-state index contributed by atoms with van der Waals surface area (Å²) in [6.07, 6.45) is 0. The summed E-state index contributed by atoms with van der Waals surface area (Å²) in [6, 6.07) is 3.98. The van der Waals surface area contributed by atoms with E-state index in [1.807, 2.05) is 23.9 Å². The molecule has 1 aromatic heterocycles. The van der Waals surface area contributed by atoms with Crippen LogP contribution in [-0.2, 0) is 12.3 Å². The van der Waals surface area contributed by atoms with Crippen LogP contribution in [0, 0.1) is 0 Å². The van der Waals surface area contributed by atoms with Gasteiger partial charge >= 0.3 is 0 Å². The smallest absolute Gasteiger partial charge is 0.117 e. The van der Waals surface area contributed by atoms with Crippen molar-refractivity contribution < 1.29 is 4.42 Å². The van der Waals surface area contributed by atoms with Gasteiger partial charge in [-0.1, -0.05) is 13.8 Å². The summed E-state index contributed by atoms with van der Waals surface area (Å²) in [5, 5.41) is 0. The van der Waals surface area contributed by atoms with Crippen molar-refractivity contribution in [3.05, 3.63) is 23.7 Å². The first-order valence-corrected chi connectivity index (χ1v) is 7.03. The second-order valence-corrected chi connectivity index (χ2v) is 4.76. The maximum atomic E-state index is 5.53. The highest BCUT2D eigenvalue weighted by Crippen LogP contribution is 2.15. The molecule has 1 rings (SSSR count). The number of nitrogens with zero attached hydrogens (tertiary/aromatic N) is 1. The summed E-state index contributed by atoms with van der Waals surface area (Å²) in [5.41, 5.74) is 5.49. The maximum absolute atomic E-state index is 5.53. The van der Waals surface area contributed by atoms with E-state index in [1.165, 1.54) is 0 Å². The fourth-order valence-electron chi connectivity index (χ4n) is 1.52. The van der Waals surface area contributed by atoms with Gasteiger partial charge in [0.2, 0.25) is 0 Å². The number of thioether (sulfide) groups is 1. The van der Waals surface area contributed by atoms with Gasteiger partial charge in [-0.3, -0.25) is 0 Å². The maximum Gasteiger partial charge on any atom is 0.117 e. The first-order valence-electron chi connectivity index (χ1n) is 5.87. The lowest BCUT2D eigenvalue weighted by atomic mass is 10.4. The second-order valence-electron chi connectivity index (χ2n) is 3.65. The normalized spacial score (nSPS) is 11.2. The van der Waals surface area contributed by atoms with E-state index in [9.17, 15) is 0 Å².